The van der Waals surface area contributed by atoms with E-state index in [0.29, 0.717) is 25.9 Å². The van der Waals surface area contributed by atoms with E-state index in [0.717, 1.165) is 35.5 Å². The van der Waals surface area contributed by atoms with E-state index in [-0.39, 0.29) is 10.8 Å². The number of H-pyrrole nitrogens is 1. The molecule has 1 saturated heterocycles. The van der Waals surface area contributed by atoms with E-state index in [4.69, 9.17) is 0 Å². The van der Waals surface area contributed by atoms with Crippen LogP contribution in [-0.2, 0) is 16.0 Å². The molecule has 0 radical (unpaired) electrons. The average Bonchev–Trinajstić information content (AvgIpc) is 2.74. The Morgan fingerprint density at radius 1 is 1.06 bits per heavy atom. The van der Waals surface area contributed by atoms with Gasteiger partial charge in [-0.1, -0.05) is 24.9 Å². The lowest BCUT2D eigenvalue weighted by molar-refractivity contribution is -0.378. The van der Waals surface area contributed by atoms with Crippen LogP contribution in [-0.4, -0.2) is 31.2 Å². The molecule has 1 N–H and O–H groups in total. The molecule has 1 aromatic carbocycles. The quantitative estimate of drug-likeness (QED) is 0.626. The van der Waals surface area contributed by atoms with Gasteiger partial charge in [-0.3, -0.25) is 4.90 Å². The second kappa shape index (κ2) is 9.77. The number of aryl methyl sites for hydroxylation is 2. The fourth-order valence-electron chi connectivity index (χ4n) is 4.05. The van der Waals surface area contributed by atoms with Crippen LogP contribution in [0.5, 0.6) is 0 Å². The zero-order chi connectivity index (χ0) is 24.3. The molecule has 0 atom stereocenters. The molecule has 9 heteroatoms. The van der Waals surface area contributed by atoms with Gasteiger partial charge < -0.3 is 0 Å². The van der Waals surface area contributed by atoms with E-state index in [2.05, 4.69) is 14.9 Å². The molecule has 5 nitrogen and oxygen atoms in total. The summed E-state index contributed by atoms with van der Waals surface area (Å²) in [5, 5.41) is 0. The Hall–Kier alpha value is -2.16. The predicted molar refractivity (Wildman–Crippen MR) is 119 cm³/mol. The van der Waals surface area contributed by atoms with Gasteiger partial charge in [0.05, 0.1) is 34.0 Å². The maximum atomic E-state index is 13.3. The minimum absolute atomic E-state index is 0.181. The molecule has 1 aliphatic rings. The molecular formula is C23H33F3N3O2S+. The second-order valence-corrected chi connectivity index (χ2v) is 11.0. The number of benzene rings is 1. The van der Waals surface area contributed by atoms with E-state index in [1.807, 2.05) is 33.8 Å². The van der Waals surface area contributed by atoms with E-state index in [1.54, 1.807) is 13.8 Å². The van der Waals surface area contributed by atoms with Crippen molar-refractivity contribution in [2.75, 3.05) is 18.0 Å². The minimum atomic E-state index is -4.59. The fourth-order valence-corrected chi connectivity index (χ4v) is 5.87. The summed E-state index contributed by atoms with van der Waals surface area (Å²) < 4.78 is 64.5. The van der Waals surface area contributed by atoms with Crippen molar-refractivity contribution in [2.45, 2.75) is 70.2 Å². The Morgan fingerprint density at radius 3 is 2.19 bits per heavy atom. The number of nitrogens with one attached hydrogen (secondary N) is 1. The van der Waals surface area contributed by atoms with Crippen LogP contribution < -0.4 is 9.88 Å². The summed E-state index contributed by atoms with van der Waals surface area (Å²) in [5.41, 5.74) is 0.938. The van der Waals surface area contributed by atoms with Gasteiger partial charge in [-0.05, 0) is 64.7 Å². The monoisotopic (exact) mass is 472 g/mol. The van der Waals surface area contributed by atoms with Crippen LogP contribution in [0.4, 0.5) is 19.1 Å². The van der Waals surface area contributed by atoms with Crippen molar-refractivity contribution >= 4 is 15.8 Å². The van der Waals surface area contributed by atoms with Crippen LogP contribution in [0, 0.1) is 19.8 Å². The highest BCUT2D eigenvalue weighted by atomic mass is 32.2. The Bertz CT molecular complexity index is 1010. The summed E-state index contributed by atoms with van der Waals surface area (Å²) in [7, 11) is -3.96. The number of aromatic amines is 1. The first kappa shape index (κ1) is 26.1. The summed E-state index contributed by atoms with van der Waals surface area (Å²) in [4.78, 5) is 9.56. The molecular weight excluding hydrogens is 439 g/mol. The summed E-state index contributed by atoms with van der Waals surface area (Å²) in [6, 6.07) is 5.96. The highest BCUT2D eigenvalue weighted by molar-refractivity contribution is 7.92. The zero-order valence-corrected chi connectivity index (χ0v) is 20.4. The molecule has 0 amide bonds. The number of sulfone groups is 1. The van der Waals surface area contributed by atoms with E-state index in [1.165, 1.54) is 6.07 Å². The Morgan fingerprint density at radius 2 is 1.66 bits per heavy atom. The summed E-state index contributed by atoms with van der Waals surface area (Å²) >= 11 is 0. The first-order chi connectivity index (χ1) is 14.8. The normalized spacial score (nSPS) is 15.8. The van der Waals surface area contributed by atoms with E-state index >= 15 is 0 Å². The molecule has 2 aromatic rings. The molecule has 0 aliphatic carbocycles. The molecule has 3 rings (SSSR count). The van der Waals surface area contributed by atoms with Crippen molar-refractivity contribution in [3.63, 3.8) is 0 Å². The number of nitrogens with zero attached hydrogens (tertiary/aromatic N) is 2. The maximum Gasteiger partial charge on any atom is 0.416 e. The third-order valence-electron chi connectivity index (χ3n) is 5.96. The molecule has 178 valence electrons. The average molecular weight is 473 g/mol. The second-order valence-electron chi connectivity index (χ2n) is 8.42. The fraction of sp³-hybridized carbons (Fsp3) is 0.565. The summed E-state index contributed by atoms with van der Waals surface area (Å²) in [6.07, 6.45) is -3.38. The standard InChI is InChI=1S/C21H26F3N3O2S.C2H6/c1-14-12-15(2)26-19(25-14)27-10-8-16(9-11-27)20(3,4)30(28,29)18-7-5-6-17(13-18)21(22,23)24;1-2/h5-7,12-13,16H,8-11H2,1-4H3;1-2H3/p+1. The van der Waals surface area contributed by atoms with Crippen LogP contribution in [0.2, 0.25) is 0 Å². The van der Waals surface area contributed by atoms with Gasteiger partial charge in [0.25, 0.3) is 0 Å². The first-order valence-corrected chi connectivity index (χ1v) is 12.3. The minimum Gasteiger partial charge on any atom is -0.262 e. The van der Waals surface area contributed by atoms with Crippen LogP contribution in [0.15, 0.2) is 35.2 Å². The highest BCUT2D eigenvalue weighted by Gasteiger charge is 2.45. The van der Waals surface area contributed by atoms with E-state index in [9.17, 15) is 21.6 Å². The Balaban J connectivity index is 0.00000176. The van der Waals surface area contributed by atoms with Crippen molar-refractivity contribution in [2.24, 2.45) is 5.92 Å². The number of aromatic nitrogens is 2. The smallest absolute Gasteiger partial charge is 0.262 e. The van der Waals surface area contributed by atoms with Gasteiger partial charge in [-0.2, -0.15) is 13.2 Å². The molecule has 0 unspecified atom stereocenters. The molecule has 1 aliphatic heterocycles. The molecule has 0 spiro atoms. The Labute approximate surface area is 189 Å². The number of rotatable bonds is 4. The van der Waals surface area contributed by atoms with Gasteiger partial charge in [0, 0.05) is 6.07 Å². The molecule has 1 fully saturated rings. The number of anilines is 1. The number of alkyl halides is 3. The van der Waals surface area contributed by atoms with Crippen LogP contribution in [0.3, 0.4) is 0 Å². The highest BCUT2D eigenvalue weighted by Crippen LogP contribution is 2.39. The van der Waals surface area contributed by atoms with Gasteiger partial charge >= 0.3 is 12.1 Å². The third-order valence-corrected chi connectivity index (χ3v) is 8.55. The van der Waals surface area contributed by atoms with Crippen LogP contribution in [0.1, 0.15) is 57.5 Å². The van der Waals surface area contributed by atoms with Crippen molar-refractivity contribution in [3.8, 4) is 0 Å². The van der Waals surface area contributed by atoms with E-state index < -0.39 is 26.3 Å². The van der Waals surface area contributed by atoms with Gasteiger partial charge in [0.15, 0.2) is 9.84 Å². The number of hydrogen-bond donors (Lipinski definition) is 0. The zero-order valence-electron chi connectivity index (χ0n) is 19.5. The van der Waals surface area contributed by atoms with Gasteiger partial charge in [0.1, 0.15) is 5.69 Å². The molecule has 0 saturated carbocycles. The molecule has 2 heterocycles. The van der Waals surface area contributed by atoms with Gasteiger partial charge in [0.2, 0.25) is 0 Å². The summed E-state index contributed by atoms with van der Waals surface area (Å²) in [6.45, 7) is 12.4. The topological polar surface area (TPSA) is 64.4 Å². The van der Waals surface area contributed by atoms with Gasteiger partial charge in [-0.25, -0.2) is 13.4 Å². The Kier molecular flexibility index (Phi) is 7.96. The van der Waals surface area contributed by atoms with Gasteiger partial charge in [-0.15, -0.1) is 0 Å². The van der Waals surface area contributed by atoms with Crippen molar-refractivity contribution in [1.82, 2.24) is 4.98 Å². The SMILES string of the molecule is CC.Cc1cc(C)[nH+]c(N2CCC(C(C)(C)S(=O)(=O)c3cccc(C(F)(F)F)c3)CC2)n1. The van der Waals surface area contributed by atoms with Crippen molar-refractivity contribution in [3.05, 3.63) is 47.3 Å². The maximum absolute atomic E-state index is 13.3. The number of halogens is 3. The lowest BCUT2D eigenvalue weighted by Crippen LogP contribution is -2.47. The first-order valence-electron chi connectivity index (χ1n) is 10.9. The van der Waals surface area contributed by atoms with Crippen molar-refractivity contribution < 1.29 is 26.6 Å². The molecule has 32 heavy (non-hydrogen) atoms. The van der Waals surface area contributed by atoms with Crippen LogP contribution in [0.25, 0.3) is 0 Å². The predicted octanol–water partition coefficient (Wildman–Crippen LogP) is 5.03. The molecule has 1 aromatic heterocycles. The summed E-state index contributed by atoms with van der Waals surface area (Å²) in [5.74, 6) is 0.573. The molecule has 0 bridgehead atoms. The lowest BCUT2D eigenvalue weighted by Gasteiger charge is -2.38. The third kappa shape index (κ3) is 5.42. The number of piperidine rings is 1. The van der Waals surface area contributed by atoms with Crippen molar-refractivity contribution in [1.29, 1.82) is 0 Å². The van der Waals surface area contributed by atoms with Crippen LogP contribution >= 0.6 is 0 Å². The number of hydrogen-bond acceptors (Lipinski definition) is 4. The largest absolute Gasteiger partial charge is 0.416 e. The lowest BCUT2D eigenvalue weighted by atomic mass is 9.86.